The first kappa shape index (κ1) is 15.3. The van der Waals surface area contributed by atoms with Crippen LogP contribution in [0.1, 0.15) is 46.5 Å². The first-order valence-electron chi connectivity index (χ1n) is 8.30. The van der Waals surface area contributed by atoms with Gasteiger partial charge in [0.05, 0.1) is 0 Å². The van der Waals surface area contributed by atoms with Crippen LogP contribution in [-0.2, 0) is 0 Å². The number of piperazine rings is 1. The summed E-state index contributed by atoms with van der Waals surface area (Å²) < 4.78 is 0. The van der Waals surface area contributed by atoms with E-state index < -0.39 is 0 Å². The van der Waals surface area contributed by atoms with E-state index in [9.17, 15) is 0 Å². The van der Waals surface area contributed by atoms with Crippen molar-refractivity contribution in [1.29, 1.82) is 0 Å². The van der Waals surface area contributed by atoms with Gasteiger partial charge in [-0.15, -0.1) is 0 Å². The summed E-state index contributed by atoms with van der Waals surface area (Å²) in [6.45, 7) is 13.2. The molecule has 3 heteroatoms. The molecule has 112 valence electrons. The predicted octanol–water partition coefficient (Wildman–Crippen LogP) is 2.28. The lowest BCUT2D eigenvalue weighted by molar-refractivity contribution is 0.0452. The maximum atomic E-state index is 2.77. The first-order chi connectivity index (χ1) is 9.11. The molecule has 0 N–H and O–H groups in total. The van der Waals surface area contributed by atoms with Crippen LogP contribution in [0.5, 0.6) is 0 Å². The Balaban J connectivity index is 1.82. The molecular weight excluding hydrogens is 234 g/mol. The molecular formula is C16H33N3. The standard InChI is InChI=1S/C16H33N3/c1-5-17(4)15-7-6-8-16(13-15)19-11-9-18(10-12-19)14(2)3/h14-16H,5-13H2,1-4H3/t15-,16+/m0/s1. The van der Waals surface area contributed by atoms with Crippen molar-refractivity contribution in [3.8, 4) is 0 Å². The van der Waals surface area contributed by atoms with Crippen molar-refractivity contribution in [2.75, 3.05) is 39.8 Å². The molecule has 2 atom stereocenters. The topological polar surface area (TPSA) is 9.72 Å². The first-order valence-corrected chi connectivity index (χ1v) is 8.30. The van der Waals surface area contributed by atoms with E-state index in [1.165, 1.54) is 58.4 Å². The quantitative estimate of drug-likeness (QED) is 0.774. The molecule has 1 aliphatic heterocycles. The summed E-state index contributed by atoms with van der Waals surface area (Å²) in [5.41, 5.74) is 0. The van der Waals surface area contributed by atoms with Gasteiger partial charge >= 0.3 is 0 Å². The summed E-state index contributed by atoms with van der Waals surface area (Å²) in [4.78, 5) is 7.94. The van der Waals surface area contributed by atoms with E-state index in [2.05, 4.69) is 42.5 Å². The van der Waals surface area contributed by atoms with E-state index >= 15 is 0 Å². The minimum absolute atomic E-state index is 0.715. The Kier molecular flexibility index (Phi) is 5.67. The fourth-order valence-electron chi connectivity index (χ4n) is 3.75. The number of hydrogen-bond acceptors (Lipinski definition) is 3. The molecule has 19 heavy (non-hydrogen) atoms. The summed E-state index contributed by atoms with van der Waals surface area (Å²) in [7, 11) is 2.30. The Labute approximate surface area is 119 Å². The fourth-order valence-corrected chi connectivity index (χ4v) is 3.75. The lowest BCUT2D eigenvalue weighted by Gasteiger charge is -2.44. The second kappa shape index (κ2) is 7.05. The summed E-state index contributed by atoms with van der Waals surface area (Å²) in [5.74, 6) is 0. The van der Waals surface area contributed by atoms with Gasteiger partial charge in [-0.2, -0.15) is 0 Å². The molecule has 0 amide bonds. The Hall–Kier alpha value is -0.120. The Morgan fingerprint density at radius 3 is 2.37 bits per heavy atom. The summed E-state index contributed by atoms with van der Waals surface area (Å²) >= 11 is 0. The van der Waals surface area contributed by atoms with Gasteiger partial charge in [0.15, 0.2) is 0 Å². The molecule has 2 fully saturated rings. The van der Waals surface area contributed by atoms with Crippen molar-refractivity contribution in [2.45, 2.75) is 64.6 Å². The molecule has 0 aromatic rings. The molecule has 0 aromatic carbocycles. The van der Waals surface area contributed by atoms with Crippen LogP contribution in [0.2, 0.25) is 0 Å². The molecule has 1 heterocycles. The molecule has 1 saturated carbocycles. The molecule has 3 nitrogen and oxygen atoms in total. The van der Waals surface area contributed by atoms with Gasteiger partial charge in [-0.1, -0.05) is 13.3 Å². The Morgan fingerprint density at radius 1 is 1.11 bits per heavy atom. The van der Waals surface area contributed by atoms with Crippen LogP contribution in [0.25, 0.3) is 0 Å². The van der Waals surface area contributed by atoms with Crippen LogP contribution in [0.3, 0.4) is 0 Å². The number of rotatable bonds is 4. The molecule has 0 unspecified atom stereocenters. The lowest BCUT2D eigenvalue weighted by atomic mass is 9.88. The molecule has 2 rings (SSSR count). The number of nitrogens with zero attached hydrogens (tertiary/aromatic N) is 3. The highest BCUT2D eigenvalue weighted by atomic mass is 15.3. The van der Waals surface area contributed by atoms with Crippen LogP contribution in [-0.4, -0.2) is 72.6 Å². The van der Waals surface area contributed by atoms with Crippen molar-refractivity contribution in [2.24, 2.45) is 0 Å². The van der Waals surface area contributed by atoms with Gasteiger partial charge < -0.3 is 4.90 Å². The normalized spacial score (nSPS) is 31.3. The molecule has 1 aliphatic carbocycles. The van der Waals surface area contributed by atoms with Crippen molar-refractivity contribution >= 4 is 0 Å². The SMILES string of the molecule is CCN(C)[C@H]1CCC[C@@H](N2CCN(C(C)C)CC2)C1. The van der Waals surface area contributed by atoms with E-state index in [1.54, 1.807) is 0 Å². The maximum Gasteiger partial charge on any atom is 0.0113 e. The second-order valence-corrected chi connectivity index (χ2v) is 6.71. The van der Waals surface area contributed by atoms with E-state index in [0.29, 0.717) is 6.04 Å². The van der Waals surface area contributed by atoms with Crippen LogP contribution < -0.4 is 0 Å². The lowest BCUT2D eigenvalue weighted by Crippen LogP contribution is -2.54. The van der Waals surface area contributed by atoms with E-state index in [0.717, 1.165) is 12.1 Å². The van der Waals surface area contributed by atoms with Crippen LogP contribution in [0.15, 0.2) is 0 Å². The minimum atomic E-state index is 0.715. The monoisotopic (exact) mass is 267 g/mol. The van der Waals surface area contributed by atoms with Crippen LogP contribution >= 0.6 is 0 Å². The highest BCUT2D eigenvalue weighted by molar-refractivity contribution is 4.87. The highest BCUT2D eigenvalue weighted by Gasteiger charge is 2.30. The molecule has 0 aromatic heterocycles. The number of hydrogen-bond donors (Lipinski definition) is 0. The summed E-state index contributed by atoms with van der Waals surface area (Å²) in [6, 6.07) is 2.39. The highest BCUT2D eigenvalue weighted by Crippen LogP contribution is 2.27. The third-order valence-corrected chi connectivity index (χ3v) is 5.34. The van der Waals surface area contributed by atoms with Gasteiger partial charge in [0.25, 0.3) is 0 Å². The van der Waals surface area contributed by atoms with E-state index in [-0.39, 0.29) is 0 Å². The third kappa shape index (κ3) is 3.93. The van der Waals surface area contributed by atoms with Gasteiger partial charge in [0.2, 0.25) is 0 Å². The maximum absolute atomic E-state index is 2.77. The van der Waals surface area contributed by atoms with Gasteiger partial charge in [-0.3, -0.25) is 9.80 Å². The van der Waals surface area contributed by atoms with Crippen molar-refractivity contribution < 1.29 is 0 Å². The van der Waals surface area contributed by atoms with E-state index in [1.807, 2.05) is 0 Å². The summed E-state index contributed by atoms with van der Waals surface area (Å²) in [5, 5.41) is 0. The predicted molar refractivity (Wildman–Crippen MR) is 82.6 cm³/mol. The fraction of sp³-hybridized carbons (Fsp3) is 1.00. The average molecular weight is 267 g/mol. The molecule has 1 saturated heterocycles. The van der Waals surface area contributed by atoms with Gasteiger partial charge in [0, 0.05) is 44.3 Å². The molecule has 0 spiro atoms. The van der Waals surface area contributed by atoms with Crippen molar-refractivity contribution in [1.82, 2.24) is 14.7 Å². The zero-order chi connectivity index (χ0) is 13.8. The van der Waals surface area contributed by atoms with Crippen LogP contribution in [0, 0.1) is 0 Å². The van der Waals surface area contributed by atoms with E-state index in [4.69, 9.17) is 0 Å². The van der Waals surface area contributed by atoms with Gasteiger partial charge in [-0.05, 0) is 46.7 Å². The van der Waals surface area contributed by atoms with Gasteiger partial charge in [-0.25, -0.2) is 0 Å². The minimum Gasteiger partial charge on any atom is -0.304 e. The van der Waals surface area contributed by atoms with Crippen molar-refractivity contribution in [3.05, 3.63) is 0 Å². The smallest absolute Gasteiger partial charge is 0.0113 e. The zero-order valence-corrected chi connectivity index (χ0v) is 13.4. The van der Waals surface area contributed by atoms with Crippen molar-refractivity contribution in [3.63, 3.8) is 0 Å². The largest absolute Gasteiger partial charge is 0.304 e. The third-order valence-electron chi connectivity index (χ3n) is 5.34. The molecule has 2 aliphatic rings. The van der Waals surface area contributed by atoms with Crippen LogP contribution in [0.4, 0.5) is 0 Å². The average Bonchev–Trinajstić information content (AvgIpc) is 2.46. The second-order valence-electron chi connectivity index (χ2n) is 6.71. The summed E-state index contributed by atoms with van der Waals surface area (Å²) in [6.07, 6.45) is 5.65. The Bertz CT molecular complexity index is 259. The zero-order valence-electron chi connectivity index (χ0n) is 13.4. The Morgan fingerprint density at radius 2 is 1.79 bits per heavy atom. The van der Waals surface area contributed by atoms with Gasteiger partial charge in [0.1, 0.15) is 0 Å². The molecule has 0 radical (unpaired) electrons. The molecule has 0 bridgehead atoms.